The maximum absolute atomic E-state index is 5.72. The average Bonchev–Trinajstić information content (AvgIpc) is 2.41. The van der Waals surface area contributed by atoms with Crippen molar-refractivity contribution in [3.05, 3.63) is 29.8 Å². The van der Waals surface area contributed by atoms with Crippen LogP contribution in [0.3, 0.4) is 0 Å². The molecule has 1 unspecified atom stereocenters. The number of nitrogens with zero attached hydrogens (tertiary/aromatic N) is 1. The third kappa shape index (κ3) is 6.93. The van der Waals surface area contributed by atoms with Gasteiger partial charge in [-0.2, -0.15) is 0 Å². The lowest BCUT2D eigenvalue weighted by atomic mass is 10.1. The number of ether oxygens (including phenoxy) is 2. The molecule has 1 aromatic rings. The van der Waals surface area contributed by atoms with Gasteiger partial charge in [0, 0.05) is 19.1 Å². The Labute approximate surface area is 129 Å². The highest BCUT2D eigenvalue weighted by Gasteiger charge is 2.14. The number of benzene rings is 1. The highest BCUT2D eigenvalue weighted by molar-refractivity contribution is 5.30. The van der Waals surface area contributed by atoms with Crippen molar-refractivity contribution < 1.29 is 9.47 Å². The van der Waals surface area contributed by atoms with E-state index in [1.807, 2.05) is 12.1 Å². The second kappa shape index (κ2) is 8.37. The Kier molecular flexibility index (Phi) is 7.15. The van der Waals surface area contributed by atoms with E-state index in [1.54, 1.807) is 7.11 Å². The molecular weight excluding hydrogens is 264 g/mol. The molecule has 0 aliphatic heterocycles. The van der Waals surface area contributed by atoms with Crippen molar-refractivity contribution in [3.63, 3.8) is 0 Å². The molecule has 0 bridgehead atoms. The Morgan fingerprint density at radius 2 is 1.95 bits per heavy atom. The van der Waals surface area contributed by atoms with E-state index in [9.17, 15) is 0 Å². The van der Waals surface area contributed by atoms with Gasteiger partial charge in [-0.1, -0.05) is 12.1 Å². The molecule has 1 N–H and O–H groups in total. The quantitative estimate of drug-likeness (QED) is 0.748. The van der Waals surface area contributed by atoms with Gasteiger partial charge in [0.1, 0.15) is 5.75 Å². The predicted octanol–water partition coefficient (Wildman–Crippen LogP) is 2.70. The molecule has 0 heterocycles. The molecule has 120 valence electrons. The monoisotopic (exact) mass is 294 g/mol. The second-order valence-corrected chi connectivity index (χ2v) is 6.42. The van der Waals surface area contributed by atoms with Gasteiger partial charge in [-0.15, -0.1) is 0 Å². The molecule has 0 aliphatic carbocycles. The summed E-state index contributed by atoms with van der Waals surface area (Å²) in [5.41, 5.74) is 1.18. The number of hydrogen-bond acceptors (Lipinski definition) is 4. The maximum Gasteiger partial charge on any atom is 0.119 e. The second-order valence-electron chi connectivity index (χ2n) is 6.42. The van der Waals surface area contributed by atoms with Gasteiger partial charge in [0.2, 0.25) is 0 Å². The van der Waals surface area contributed by atoms with Crippen LogP contribution in [0.4, 0.5) is 0 Å². The number of rotatable bonds is 8. The summed E-state index contributed by atoms with van der Waals surface area (Å²) in [4.78, 5) is 2.21. The zero-order valence-corrected chi connectivity index (χ0v) is 14.3. The molecule has 0 saturated heterocycles. The summed E-state index contributed by atoms with van der Waals surface area (Å²) < 4.78 is 11.0. The Balaban J connectivity index is 2.50. The van der Waals surface area contributed by atoms with Crippen molar-refractivity contribution >= 4 is 0 Å². The maximum atomic E-state index is 5.72. The van der Waals surface area contributed by atoms with Gasteiger partial charge in [-0.05, 0) is 52.6 Å². The first-order chi connectivity index (χ1) is 9.83. The van der Waals surface area contributed by atoms with Crippen LogP contribution >= 0.6 is 0 Å². The van der Waals surface area contributed by atoms with Crippen molar-refractivity contribution in [2.24, 2.45) is 0 Å². The SMILES string of the molecule is COc1cccc(C(CNCCOC(C)(C)C)N(C)C)c1. The van der Waals surface area contributed by atoms with Crippen LogP contribution in [0.2, 0.25) is 0 Å². The van der Waals surface area contributed by atoms with Crippen LogP contribution in [-0.2, 0) is 4.74 Å². The van der Waals surface area contributed by atoms with Crippen LogP contribution in [-0.4, -0.2) is 51.4 Å². The molecule has 0 aliphatic rings. The van der Waals surface area contributed by atoms with E-state index >= 15 is 0 Å². The molecule has 0 aromatic heterocycles. The molecule has 0 saturated carbocycles. The van der Waals surface area contributed by atoms with Gasteiger partial charge in [-0.25, -0.2) is 0 Å². The topological polar surface area (TPSA) is 33.7 Å². The highest BCUT2D eigenvalue weighted by Crippen LogP contribution is 2.21. The fourth-order valence-electron chi connectivity index (χ4n) is 2.12. The van der Waals surface area contributed by atoms with E-state index in [2.05, 4.69) is 57.2 Å². The summed E-state index contributed by atoms with van der Waals surface area (Å²) in [5, 5.41) is 3.47. The number of hydrogen-bond donors (Lipinski definition) is 1. The van der Waals surface area contributed by atoms with Crippen molar-refractivity contribution in [2.45, 2.75) is 32.4 Å². The zero-order valence-electron chi connectivity index (χ0n) is 14.3. The van der Waals surface area contributed by atoms with Gasteiger partial charge in [0.15, 0.2) is 0 Å². The predicted molar refractivity (Wildman–Crippen MR) is 88.0 cm³/mol. The molecular formula is C17H30N2O2. The van der Waals surface area contributed by atoms with Crippen molar-refractivity contribution in [1.29, 1.82) is 0 Å². The van der Waals surface area contributed by atoms with E-state index in [0.717, 1.165) is 25.4 Å². The van der Waals surface area contributed by atoms with E-state index in [-0.39, 0.29) is 5.60 Å². The average molecular weight is 294 g/mol. The molecule has 21 heavy (non-hydrogen) atoms. The molecule has 1 atom stereocenters. The molecule has 0 amide bonds. The summed E-state index contributed by atoms with van der Waals surface area (Å²) in [6.45, 7) is 8.69. The molecule has 4 heteroatoms. The normalized spacial score (nSPS) is 13.5. The molecule has 0 radical (unpaired) electrons. The standard InChI is InChI=1S/C17H30N2O2/c1-17(2,3)21-11-10-18-13-16(19(4)5)14-8-7-9-15(12-14)20-6/h7-9,12,16,18H,10-11,13H2,1-6H3. The van der Waals surface area contributed by atoms with Gasteiger partial charge >= 0.3 is 0 Å². The molecule has 0 fully saturated rings. The van der Waals surface area contributed by atoms with Gasteiger partial charge < -0.3 is 19.7 Å². The molecule has 4 nitrogen and oxygen atoms in total. The Morgan fingerprint density at radius 3 is 2.52 bits per heavy atom. The molecule has 1 rings (SSSR count). The lowest BCUT2D eigenvalue weighted by Crippen LogP contribution is -2.34. The summed E-state index contributed by atoms with van der Waals surface area (Å²) in [6, 6.07) is 8.56. The van der Waals surface area contributed by atoms with E-state index in [0.29, 0.717) is 6.04 Å². The van der Waals surface area contributed by atoms with Gasteiger partial charge in [-0.3, -0.25) is 0 Å². The van der Waals surface area contributed by atoms with E-state index in [4.69, 9.17) is 9.47 Å². The number of likely N-dealkylation sites (N-methyl/N-ethyl adjacent to an activating group) is 1. The van der Waals surface area contributed by atoms with Crippen molar-refractivity contribution in [3.8, 4) is 5.75 Å². The van der Waals surface area contributed by atoms with E-state index in [1.165, 1.54) is 5.56 Å². The third-order valence-corrected chi connectivity index (χ3v) is 3.25. The minimum absolute atomic E-state index is 0.0740. The smallest absolute Gasteiger partial charge is 0.119 e. The first-order valence-corrected chi connectivity index (χ1v) is 7.48. The minimum Gasteiger partial charge on any atom is -0.497 e. The largest absolute Gasteiger partial charge is 0.497 e. The third-order valence-electron chi connectivity index (χ3n) is 3.25. The van der Waals surface area contributed by atoms with Crippen molar-refractivity contribution in [1.82, 2.24) is 10.2 Å². The Morgan fingerprint density at radius 1 is 1.24 bits per heavy atom. The number of methoxy groups -OCH3 is 1. The summed E-state index contributed by atoms with van der Waals surface area (Å²) >= 11 is 0. The number of nitrogens with one attached hydrogen (secondary N) is 1. The van der Waals surface area contributed by atoms with Gasteiger partial charge in [0.05, 0.1) is 19.3 Å². The first-order valence-electron chi connectivity index (χ1n) is 7.48. The summed E-state index contributed by atoms with van der Waals surface area (Å²) in [6.07, 6.45) is 0. The first kappa shape index (κ1) is 18.0. The van der Waals surface area contributed by atoms with Crippen molar-refractivity contribution in [2.75, 3.05) is 40.9 Å². The summed E-state index contributed by atoms with van der Waals surface area (Å²) in [5.74, 6) is 0.899. The Bertz CT molecular complexity index is 413. The van der Waals surface area contributed by atoms with Crippen LogP contribution < -0.4 is 10.1 Å². The van der Waals surface area contributed by atoms with Crippen LogP contribution in [0.1, 0.15) is 32.4 Å². The molecule has 0 spiro atoms. The minimum atomic E-state index is -0.0740. The van der Waals surface area contributed by atoms with Crippen LogP contribution in [0.25, 0.3) is 0 Å². The molecule has 1 aromatic carbocycles. The van der Waals surface area contributed by atoms with Crippen LogP contribution in [0.15, 0.2) is 24.3 Å². The fraction of sp³-hybridized carbons (Fsp3) is 0.647. The Hall–Kier alpha value is -1.10. The van der Waals surface area contributed by atoms with E-state index < -0.39 is 0 Å². The summed E-state index contributed by atoms with van der Waals surface area (Å²) in [7, 11) is 5.89. The fourth-order valence-corrected chi connectivity index (χ4v) is 2.12. The lowest BCUT2D eigenvalue weighted by Gasteiger charge is -2.26. The zero-order chi connectivity index (χ0) is 15.9. The van der Waals surface area contributed by atoms with Crippen LogP contribution in [0, 0.1) is 0 Å². The highest BCUT2D eigenvalue weighted by atomic mass is 16.5. The van der Waals surface area contributed by atoms with Gasteiger partial charge in [0.25, 0.3) is 0 Å². The van der Waals surface area contributed by atoms with Crippen LogP contribution in [0.5, 0.6) is 5.75 Å². The lowest BCUT2D eigenvalue weighted by molar-refractivity contribution is -0.00114.